The summed E-state index contributed by atoms with van der Waals surface area (Å²) in [5.74, 6) is -0.929. The standard InChI is InChI=1S/C14H16F2N2/c1-3-7-17-12-8-9(4-2)18-14-11(16)6-5-10(15)13(12)14/h5-6,8H,3-4,7H2,1-2H3,(H,17,18). The predicted octanol–water partition coefficient (Wildman–Crippen LogP) is 3.90. The Hall–Kier alpha value is -1.71. The summed E-state index contributed by atoms with van der Waals surface area (Å²) in [4.78, 5) is 4.17. The summed E-state index contributed by atoms with van der Waals surface area (Å²) in [5, 5.41) is 3.37. The lowest BCUT2D eigenvalue weighted by molar-refractivity contribution is 0.615. The zero-order valence-electron chi connectivity index (χ0n) is 10.6. The molecule has 1 N–H and O–H groups in total. The maximum absolute atomic E-state index is 13.8. The van der Waals surface area contributed by atoms with Crippen LogP contribution >= 0.6 is 0 Å². The summed E-state index contributed by atoms with van der Waals surface area (Å²) in [6.07, 6.45) is 1.61. The molecule has 0 atom stereocenters. The lowest BCUT2D eigenvalue weighted by atomic mass is 10.1. The molecule has 18 heavy (non-hydrogen) atoms. The van der Waals surface area contributed by atoms with Crippen molar-refractivity contribution in [3.8, 4) is 0 Å². The molecule has 0 aliphatic rings. The molecular weight excluding hydrogens is 234 g/mol. The number of benzene rings is 1. The van der Waals surface area contributed by atoms with Crippen molar-refractivity contribution in [1.29, 1.82) is 0 Å². The molecule has 1 aromatic heterocycles. The number of hydrogen-bond donors (Lipinski definition) is 1. The highest BCUT2D eigenvalue weighted by Gasteiger charge is 2.13. The van der Waals surface area contributed by atoms with E-state index in [9.17, 15) is 8.78 Å². The molecule has 4 heteroatoms. The van der Waals surface area contributed by atoms with Crippen LogP contribution in [0.1, 0.15) is 26.0 Å². The van der Waals surface area contributed by atoms with Gasteiger partial charge in [-0.1, -0.05) is 13.8 Å². The van der Waals surface area contributed by atoms with E-state index in [1.807, 2.05) is 13.8 Å². The van der Waals surface area contributed by atoms with Crippen molar-refractivity contribution in [1.82, 2.24) is 4.98 Å². The Morgan fingerprint density at radius 2 is 1.89 bits per heavy atom. The molecule has 0 radical (unpaired) electrons. The molecule has 0 fully saturated rings. The van der Waals surface area contributed by atoms with Gasteiger partial charge in [-0.05, 0) is 31.0 Å². The highest BCUT2D eigenvalue weighted by molar-refractivity contribution is 5.92. The van der Waals surface area contributed by atoms with Crippen molar-refractivity contribution >= 4 is 16.6 Å². The van der Waals surface area contributed by atoms with Crippen LogP contribution < -0.4 is 5.32 Å². The van der Waals surface area contributed by atoms with Gasteiger partial charge < -0.3 is 5.32 Å². The Kier molecular flexibility index (Phi) is 3.75. The average molecular weight is 250 g/mol. The third-order valence-electron chi connectivity index (χ3n) is 2.84. The fraction of sp³-hybridized carbons (Fsp3) is 0.357. The molecule has 0 saturated carbocycles. The topological polar surface area (TPSA) is 24.9 Å². The summed E-state index contributed by atoms with van der Waals surface area (Å²) in [6, 6.07) is 4.05. The molecule has 0 bridgehead atoms. The van der Waals surface area contributed by atoms with Crippen LogP contribution in [0.2, 0.25) is 0 Å². The number of fused-ring (bicyclic) bond motifs is 1. The maximum atomic E-state index is 13.8. The van der Waals surface area contributed by atoms with Gasteiger partial charge in [-0.25, -0.2) is 13.8 Å². The third kappa shape index (κ3) is 2.28. The number of rotatable bonds is 4. The highest BCUT2D eigenvalue weighted by atomic mass is 19.1. The van der Waals surface area contributed by atoms with Gasteiger partial charge in [-0.15, -0.1) is 0 Å². The largest absolute Gasteiger partial charge is 0.384 e. The number of hydrogen-bond acceptors (Lipinski definition) is 2. The van der Waals surface area contributed by atoms with Gasteiger partial charge in [0.15, 0.2) is 0 Å². The van der Waals surface area contributed by atoms with Crippen LogP contribution in [0.4, 0.5) is 14.5 Å². The number of pyridine rings is 1. The molecule has 0 unspecified atom stereocenters. The van der Waals surface area contributed by atoms with Crippen LogP contribution in [0.5, 0.6) is 0 Å². The van der Waals surface area contributed by atoms with Crippen molar-refractivity contribution in [3.63, 3.8) is 0 Å². The van der Waals surface area contributed by atoms with Crippen LogP contribution in [0, 0.1) is 11.6 Å². The Bertz CT molecular complexity index is 567. The molecule has 0 aliphatic heterocycles. The van der Waals surface area contributed by atoms with Gasteiger partial charge in [0.2, 0.25) is 0 Å². The van der Waals surface area contributed by atoms with E-state index in [0.29, 0.717) is 12.1 Å². The minimum absolute atomic E-state index is 0.105. The number of aryl methyl sites for hydroxylation is 1. The monoisotopic (exact) mass is 250 g/mol. The van der Waals surface area contributed by atoms with Gasteiger partial charge in [0.1, 0.15) is 17.2 Å². The molecule has 1 heterocycles. The summed E-state index contributed by atoms with van der Waals surface area (Å²) in [6.45, 7) is 4.68. The van der Waals surface area contributed by atoms with Gasteiger partial charge >= 0.3 is 0 Å². The molecule has 0 amide bonds. The highest BCUT2D eigenvalue weighted by Crippen LogP contribution is 2.28. The van der Waals surface area contributed by atoms with Crippen LogP contribution in [0.15, 0.2) is 18.2 Å². The predicted molar refractivity (Wildman–Crippen MR) is 69.8 cm³/mol. The molecule has 1 aromatic carbocycles. The van der Waals surface area contributed by atoms with E-state index in [1.165, 1.54) is 0 Å². The smallest absolute Gasteiger partial charge is 0.149 e. The second kappa shape index (κ2) is 5.29. The average Bonchev–Trinajstić information content (AvgIpc) is 2.39. The second-order valence-corrected chi connectivity index (χ2v) is 4.19. The third-order valence-corrected chi connectivity index (χ3v) is 2.84. The van der Waals surface area contributed by atoms with Crippen molar-refractivity contribution < 1.29 is 8.78 Å². The molecule has 0 aliphatic carbocycles. The van der Waals surface area contributed by atoms with Gasteiger partial charge in [-0.2, -0.15) is 0 Å². The van der Waals surface area contributed by atoms with Crippen LogP contribution in [-0.2, 0) is 6.42 Å². The van der Waals surface area contributed by atoms with Gasteiger partial charge in [0.25, 0.3) is 0 Å². The van der Waals surface area contributed by atoms with Crippen LogP contribution in [-0.4, -0.2) is 11.5 Å². The van der Waals surface area contributed by atoms with Crippen molar-refractivity contribution in [2.24, 2.45) is 0 Å². The van der Waals surface area contributed by atoms with E-state index in [1.54, 1.807) is 6.07 Å². The number of nitrogens with one attached hydrogen (secondary N) is 1. The molecule has 96 valence electrons. The normalized spacial score (nSPS) is 10.9. The Balaban J connectivity index is 2.68. The summed E-state index contributed by atoms with van der Waals surface area (Å²) < 4.78 is 27.6. The van der Waals surface area contributed by atoms with Crippen molar-refractivity contribution in [3.05, 3.63) is 35.5 Å². The van der Waals surface area contributed by atoms with Crippen LogP contribution in [0.25, 0.3) is 10.9 Å². The summed E-state index contributed by atoms with van der Waals surface area (Å²) in [5.41, 5.74) is 1.48. The first-order valence-corrected chi connectivity index (χ1v) is 6.18. The zero-order chi connectivity index (χ0) is 13.1. The molecule has 2 nitrogen and oxygen atoms in total. The molecule has 0 spiro atoms. The van der Waals surface area contributed by atoms with Crippen molar-refractivity contribution in [2.45, 2.75) is 26.7 Å². The zero-order valence-corrected chi connectivity index (χ0v) is 10.6. The fourth-order valence-electron chi connectivity index (χ4n) is 1.90. The number of nitrogens with zero attached hydrogens (tertiary/aromatic N) is 1. The van der Waals surface area contributed by atoms with E-state index in [-0.39, 0.29) is 10.9 Å². The SMILES string of the molecule is CCCNc1cc(CC)nc2c(F)ccc(F)c12. The second-order valence-electron chi connectivity index (χ2n) is 4.19. The molecule has 2 rings (SSSR count). The maximum Gasteiger partial charge on any atom is 0.149 e. The van der Waals surface area contributed by atoms with Crippen LogP contribution in [0.3, 0.4) is 0 Å². The van der Waals surface area contributed by atoms with Gasteiger partial charge in [-0.3, -0.25) is 0 Å². The van der Waals surface area contributed by atoms with Gasteiger partial charge in [0, 0.05) is 17.9 Å². The molecule has 2 aromatic rings. The summed E-state index contributed by atoms with van der Waals surface area (Å²) >= 11 is 0. The minimum atomic E-state index is -0.485. The molecular formula is C14H16F2N2. The van der Waals surface area contributed by atoms with Gasteiger partial charge in [0.05, 0.1) is 5.39 Å². The lowest BCUT2D eigenvalue weighted by Gasteiger charge is -2.11. The number of anilines is 1. The summed E-state index contributed by atoms with van der Waals surface area (Å²) in [7, 11) is 0. The lowest BCUT2D eigenvalue weighted by Crippen LogP contribution is -2.04. The fourth-order valence-corrected chi connectivity index (χ4v) is 1.90. The van der Waals surface area contributed by atoms with E-state index in [2.05, 4.69) is 10.3 Å². The first-order valence-electron chi connectivity index (χ1n) is 6.18. The Labute approximate surface area is 105 Å². The quantitative estimate of drug-likeness (QED) is 0.890. The number of halogens is 2. The Morgan fingerprint density at radius 3 is 2.56 bits per heavy atom. The molecule has 0 saturated heterocycles. The first-order chi connectivity index (χ1) is 8.67. The van der Waals surface area contributed by atoms with E-state index < -0.39 is 11.6 Å². The van der Waals surface area contributed by atoms with E-state index >= 15 is 0 Å². The number of aromatic nitrogens is 1. The van der Waals surface area contributed by atoms with E-state index in [0.717, 1.165) is 30.8 Å². The first kappa shape index (κ1) is 12.7. The Morgan fingerprint density at radius 1 is 1.17 bits per heavy atom. The van der Waals surface area contributed by atoms with Crippen molar-refractivity contribution in [2.75, 3.05) is 11.9 Å². The minimum Gasteiger partial charge on any atom is -0.384 e. The van der Waals surface area contributed by atoms with E-state index in [4.69, 9.17) is 0 Å².